The molecule has 0 bridgehead atoms. The van der Waals surface area contributed by atoms with Crippen molar-refractivity contribution in [2.24, 2.45) is 5.73 Å². The Morgan fingerprint density at radius 1 is 0.857 bits per heavy atom. The van der Waals surface area contributed by atoms with E-state index < -0.39 is 34.8 Å². The molecule has 2 aromatic carbocycles. The highest BCUT2D eigenvalue weighted by Gasteiger charge is 2.15. The van der Waals surface area contributed by atoms with E-state index in [-0.39, 0.29) is 16.2 Å². The molecule has 0 amide bonds. The third-order valence-corrected chi connectivity index (χ3v) is 2.82. The van der Waals surface area contributed by atoms with Crippen LogP contribution < -0.4 is 11.1 Å². The highest BCUT2D eigenvalue weighted by molar-refractivity contribution is 7.80. The minimum Gasteiger partial charge on any atom is -0.389 e. The zero-order valence-corrected chi connectivity index (χ0v) is 11.0. The van der Waals surface area contributed by atoms with E-state index in [0.29, 0.717) is 12.1 Å². The van der Waals surface area contributed by atoms with Gasteiger partial charge in [-0.2, -0.15) is 0 Å². The Kier molecular flexibility index (Phi) is 4.08. The first-order valence-corrected chi connectivity index (χ1v) is 5.91. The number of hydrogen-bond acceptors (Lipinski definition) is 2. The van der Waals surface area contributed by atoms with E-state index in [1.807, 2.05) is 0 Å². The maximum Gasteiger partial charge on any atom is 0.194 e. The molecule has 3 N–H and O–H groups in total. The van der Waals surface area contributed by atoms with Crippen molar-refractivity contribution in [2.75, 3.05) is 5.32 Å². The highest BCUT2D eigenvalue weighted by Crippen LogP contribution is 2.26. The second-order valence-corrected chi connectivity index (χ2v) is 4.50. The number of hydrogen-bond donors (Lipinski definition) is 2. The van der Waals surface area contributed by atoms with Crippen LogP contribution in [0.5, 0.6) is 0 Å². The van der Waals surface area contributed by atoms with E-state index in [1.54, 1.807) is 0 Å². The topological polar surface area (TPSA) is 38.0 Å². The van der Waals surface area contributed by atoms with Crippen molar-refractivity contribution in [3.8, 4) is 0 Å². The molecule has 0 aliphatic rings. The first-order valence-electron chi connectivity index (χ1n) is 5.50. The van der Waals surface area contributed by atoms with E-state index in [0.717, 1.165) is 12.1 Å². The van der Waals surface area contributed by atoms with Crippen molar-refractivity contribution < 1.29 is 22.0 Å². The molecule has 0 unspecified atom stereocenters. The van der Waals surface area contributed by atoms with Crippen LogP contribution in [-0.2, 0) is 0 Å². The summed E-state index contributed by atoms with van der Waals surface area (Å²) in [6.45, 7) is 0. The molecule has 0 saturated carbocycles. The Morgan fingerprint density at radius 2 is 1.33 bits per heavy atom. The fraction of sp³-hybridized carbons (Fsp3) is 0. The molecule has 8 heteroatoms. The van der Waals surface area contributed by atoms with Gasteiger partial charge in [0.25, 0.3) is 0 Å². The summed E-state index contributed by atoms with van der Waals surface area (Å²) in [5.74, 6) is -6.78. The van der Waals surface area contributed by atoms with Gasteiger partial charge in [0.2, 0.25) is 0 Å². The fourth-order valence-corrected chi connectivity index (χ4v) is 1.72. The lowest BCUT2D eigenvalue weighted by molar-refractivity contribution is 0.448. The zero-order chi connectivity index (χ0) is 15.7. The van der Waals surface area contributed by atoms with Crippen molar-refractivity contribution in [3.05, 3.63) is 58.9 Å². The number of nitrogens with two attached hydrogens (primary N) is 1. The van der Waals surface area contributed by atoms with Crippen molar-refractivity contribution >= 4 is 28.6 Å². The Balaban J connectivity index is 2.43. The molecule has 0 saturated heterocycles. The molecular weight excluding hydrogens is 311 g/mol. The lowest BCUT2D eigenvalue weighted by Crippen LogP contribution is -2.11. The molecule has 2 nitrogen and oxygen atoms in total. The van der Waals surface area contributed by atoms with Gasteiger partial charge in [-0.3, -0.25) is 0 Å². The largest absolute Gasteiger partial charge is 0.389 e. The number of thiocarbonyl (C=S) groups is 1. The summed E-state index contributed by atoms with van der Waals surface area (Å²) >= 11 is 4.59. The van der Waals surface area contributed by atoms with Gasteiger partial charge in [0, 0.05) is 23.4 Å². The van der Waals surface area contributed by atoms with Gasteiger partial charge in [-0.05, 0) is 12.1 Å². The fourth-order valence-electron chi connectivity index (χ4n) is 1.61. The smallest absolute Gasteiger partial charge is 0.194 e. The minimum absolute atomic E-state index is 0.0398. The monoisotopic (exact) mass is 318 g/mol. The molecule has 2 aromatic rings. The Hall–Kier alpha value is -2.22. The molecule has 0 heterocycles. The molecule has 0 atom stereocenters. The summed E-state index contributed by atoms with van der Waals surface area (Å²) in [6.07, 6.45) is 0. The summed E-state index contributed by atoms with van der Waals surface area (Å²) in [6, 6.07) is 2.87. The van der Waals surface area contributed by atoms with Crippen LogP contribution in [0.25, 0.3) is 0 Å². The van der Waals surface area contributed by atoms with E-state index in [4.69, 9.17) is 5.73 Å². The molecule has 0 aliphatic heterocycles. The van der Waals surface area contributed by atoms with Crippen LogP contribution in [0.4, 0.5) is 33.3 Å². The maximum atomic E-state index is 13.8. The number of anilines is 2. The third kappa shape index (κ3) is 3.10. The highest BCUT2D eigenvalue weighted by atomic mass is 32.1. The van der Waals surface area contributed by atoms with Gasteiger partial charge in [-0.1, -0.05) is 12.2 Å². The molecule has 0 aliphatic carbocycles. The summed E-state index contributed by atoms with van der Waals surface area (Å²) in [5.41, 5.74) is 4.19. The zero-order valence-electron chi connectivity index (χ0n) is 10.2. The second-order valence-electron chi connectivity index (χ2n) is 4.06. The van der Waals surface area contributed by atoms with Crippen LogP contribution in [0.2, 0.25) is 0 Å². The van der Waals surface area contributed by atoms with Crippen molar-refractivity contribution in [3.63, 3.8) is 0 Å². The summed E-state index contributed by atoms with van der Waals surface area (Å²) in [4.78, 5) is -0.210. The van der Waals surface area contributed by atoms with Gasteiger partial charge in [-0.15, -0.1) is 0 Å². The molecule has 0 spiro atoms. The first kappa shape index (κ1) is 15.2. The Labute approximate surface area is 121 Å². The molecule has 0 aromatic heterocycles. The molecule has 0 radical (unpaired) electrons. The van der Waals surface area contributed by atoms with Gasteiger partial charge < -0.3 is 11.1 Å². The maximum absolute atomic E-state index is 13.8. The van der Waals surface area contributed by atoms with Crippen LogP contribution in [0, 0.1) is 29.1 Å². The van der Waals surface area contributed by atoms with E-state index >= 15 is 0 Å². The lowest BCUT2D eigenvalue weighted by atomic mass is 10.1. The lowest BCUT2D eigenvalue weighted by Gasteiger charge is -2.11. The van der Waals surface area contributed by atoms with Gasteiger partial charge in [0.15, 0.2) is 17.5 Å². The average Bonchev–Trinajstić information content (AvgIpc) is 2.39. The predicted octanol–water partition coefficient (Wildman–Crippen LogP) is 3.76. The first-order chi connectivity index (χ1) is 9.79. The Morgan fingerprint density at radius 3 is 1.76 bits per heavy atom. The Bertz CT molecular complexity index is 686. The number of halogens is 5. The second kappa shape index (κ2) is 5.65. The molecule has 0 fully saturated rings. The average molecular weight is 318 g/mol. The van der Waals surface area contributed by atoms with Crippen molar-refractivity contribution in [2.45, 2.75) is 0 Å². The minimum atomic E-state index is -1.68. The van der Waals surface area contributed by atoms with Crippen LogP contribution in [0.1, 0.15) is 5.56 Å². The normalized spacial score (nSPS) is 10.5. The van der Waals surface area contributed by atoms with Gasteiger partial charge in [0.05, 0.1) is 0 Å². The van der Waals surface area contributed by atoms with Gasteiger partial charge >= 0.3 is 0 Å². The number of benzene rings is 2. The number of nitrogens with one attached hydrogen (secondary N) is 1. The van der Waals surface area contributed by atoms with Crippen molar-refractivity contribution in [1.29, 1.82) is 0 Å². The van der Waals surface area contributed by atoms with Crippen LogP contribution in [-0.4, -0.2) is 4.99 Å². The summed E-state index contributed by atoms with van der Waals surface area (Å²) in [7, 11) is 0. The van der Waals surface area contributed by atoms with Crippen LogP contribution >= 0.6 is 12.2 Å². The SMILES string of the molecule is NC(=S)c1cc(F)c(Nc2cc(F)c(F)c(F)c2)c(F)c1. The predicted molar refractivity (Wildman–Crippen MR) is 71.8 cm³/mol. The molecule has 110 valence electrons. The molecule has 2 rings (SSSR count). The van der Waals surface area contributed by atoms with E-state index in [9.17, 15) is 22.0 Å². The van der Waals surface area contributed by atoms with Crippen LogP contribution in [0.3, 0.4) is 0 Å². The van der Waals surface area contributed by atoms with E-state index in [1.165, 1.54) is 0 Å². The summed E-state index contributed by atoms with van der Waals surface area (Å²) in [5, 5.41) is 2.13. The third-order valence-electron chi connectivity index (χ3n) is 2.58. The summed E-state index contributed by atoms with van der Waals surface area (Å²) < 4.78 is 66.4. The van der Waals surface area contributed by atoms with Crippen LogP contribution in [0.15, 0.2) is 24.3 Å². The quantitative estimate of drug-likeness (QED) is 0.514. The standard InChI is InChI=1S/C13H7F5N2S/c14-7-3-6(4-8(15)11(7)18)20-12-9(16)1-5(13(19)21)2-10(12)17/h1-4,20H,(H2,19,21). The van der Waals surface area contributed by atoms with Crippen molar-refractivity contribution in [1.82, 2.24) is 0 Å². The van der Waals surface area contributed by atoms with E-state index in [2.05, 4.69) is 17.5 Å². The molecular formula is C13H7F5N2S. The van der Waals surface area contributed by atoms with Gasteiger partial charge in [-0.25, -0.2) is 22.0 Å². The molecule has 21 heavy (non-hydrogen) atoms. The number of rotatable bonds is 3. The van der Waals surface area contributed by atoms with Gasteiger partial charge in [0.1, 0.15) is 22.3 Å².